The van der Waals surface area contributed by atoms with E-state index >= 15 is 0 Å². The number of benzene rings is 2. The fourth-order valence-corrected chi connectivity index (χ4v) is 3.58. The molecule has 7 heteroatoms. The number of aliphatic hydroxyl groups is 1. The molecule has 154 valence electrons. The number of nitrogens with zero attached hydrogens (tertiary/aromatic N) is 2. The van der Waals surface area contributed by atoms with Gasteiger partial charge in [0.25, 0.3) is 5.91 Å². The van der Waals surface area contributed by atoms with Gasteiger partial charge in [-0.3, -0.25) is 9.59 Å². The van der Waals surface area contributed by atoms with E-state index < -0.39 is 5.43 Å². The summed E-state index contributed by atoms with van der Waals surface area (Å²) in [4.78, 5) is 27.5. The van der Waals surface area contributed by atoms with Crippen LogP contribution in [0.3, 0.4) is 0 Å². The van der Waals surface area contributed by atoms with E-state index in [-0.39, 0.29) is 42.9 Å². The summed E-state index contributed by atoms with van der Waals surface area (Å²) in [6, 6.07) is 16.6. The molecule has 1 aromatic heterocycles. The van der Waals surface area contributed by atoms with Crippen LogP contribution in [0.4, 0.5) is 4.39 Å². The van der Waals surface area contributed by atoms with Crippen molar-refractivity contribution in [2.24, 2.45) is 0 Å². The molecule has 1 N–H and O–H groups in total. The zero-order valence-corrected chi connectivity index (χ0v) is 16.3. The molecule has 0 bridgehead atoms. The number of fused-ring (bicyclic) bond motifs is 1. The Morgan fingerprint density at radius 3 is 2.40 bits per heavy atom. The maximum Gasteiger partial charge on any atom is 0.274 e. The number of carbonyl (C=O) groups is 1. The van der Waals surface area contributed by atoms with Gasteiger partial charge in [-0.2, -0.15) is 0 Å². The quantitative estimate of drug-likeness (QED) is 0.681. The first-order valence-electron chi connectivity index (χ1n) is 9.65. The number of aliphatic hydroxyl groups excluding tert-OH is 1. The second kappa shape index (κ2) is 8.51. The predicted octanol–water partition coefficient (Wildman–Crippen LogP) is 2.71. The standard InChI is InChI=1S/C23H21FN2O4/c24-18-8-6-16(7-9-18)13-25-10-11-26-19(14-27)12-20(28)22(21(26)23(25)29)30-15-17-4-2-1-3-5-17/h1-9,12,27H,10-11,13-15H2. The minimum atomic E-state index is -0.446. The molecule has 0 unspecified atom stereocenters. The third-order valence-electron chi connectivity index (χ3n) is 5.11. The van der Waals surface area contributed by atoms with Gasteiger partial charge in [-0.25, -0.2) is 4.39 Å². The molecule has 0 atom stereocenters. The smallest absolute Gasteiger partial charge is 0.274 e. The third kappa shape index (κ3) is 3.97. The summed E-state index contributed by atoms with van der Waals surface area (Å²) in [6.07, 6.45) is 0. The monoisotopic (exact) mass is 408 g/mol. The maximum atomic E-state index is 13.3. The first kappa shape index (κ1) is 19.8. The molecule has 0 radical (unpaired) electrons. The first-order valence-corrected chi connectivity index (χ1v) is 9.65. The van der Waals surface area contributed by atoms with E-state index in [0.29, 0.717) is 18.8 Å². The number of ether oxygens (including phenoxy) is 1. The van der Waals surface area contributed by atoms with Crippen LogP contribution in [-0.4, -0.2) is 27.0 Å². The predicted molar refractivity (Wildman–Crippen MR) is 109 cm³/mol. The number of hydrogen-bond acceptors (Lipinski definition) is 4. The van der Waals surface area contributed by atoms with E-state index in [2.05, 4.69) is 0 Å². The molecule has 0 spiro atoms. The van der Waals surface area contributed by atoms with E-state index in [4.69, 9.17) is 4.74 Å². The summed E-state index contributed by atoms with van der Waals surface area (Å²) in [5.74, 6) is -0.726. The molecule has 2 aromatic carbocycles. The minimum Gasteiger partial charge on any atom is -0.483 e. The van der Waals surface area contributed by atoms with Gasteiger partial charge in [0.15, 0.2) is 11.4 Å². The van der Waals surface area contributed by atoms with Crippen LogP contribution < -0.4 is 10.2 Å². The number of carbonyl (C=O) groups excluding carboxylic acids is 1. The van der Waals surface area contributed by atoms with Crippen LogP contribution in [0.2, 0.25) is 0 Å². The number of rotatable bonds is 6. The normalized spacial score (nSPS) is 13.3. The highest BCUT2D eigenvalue weighted by atomic mass is 19.1. The molecule has 0 saturated carbocycles. The summed E-state index contributed by atoms with van der Waals surface area (Å²) in [5.41, 5.74) is 1.71. The minimum absolute atomic E-state index is 0.0233. The van der Waals surface area contributed by atoms with Gasteiger partial charge in [-0.1, -0.05) is 42.5 Å². The molecule has 1 amide bonds. The summed E-state index contributed by atoms with van der Waals surface area (Å²) in [5, 5.41) is 9.67. The van der Waals surface area contributed by atoms with E-state index in [1.165, 1.54) is 18.2 Å². The van der Waals surface area contributed by atoms with Gasteiger partial charge in [0.2, 0.25) is 5.43 Å². The first-order chi connectivity index (χ1) is 14.6. The SMILES string of the molecule is O=C1c2c(OCc3ccccc3)c(=O)cc(CO)n2CCN1Cc1ccc(F)cc1. The summed E-state index contributed by atoms with van der Waals surface area (Å²) < 4.78 is 20.6. The summed E-state index contributed by atoms with van der Waals surface area (Å²) in [7, 11) is 0. The van der Waals surface area contributed by atoms with E-state index in [1.54, 1.807) is 21.6 Å². The number of halogens is 1. The van der Waals surface area contributed by atoms with Crippen molar-refractivity contribution < 1.29 is 19.0 Å². The Kier molecular flexibility index (Phi) is 5.63. The highest BCUT2D eigenvalue weighted by Crippen LogP contribution is 2.24. The van der Waals surface area contributed by atoms with Crippen molar-refractivity contribution in [2.75, 3.05) is 6.54 Å². The average molecular weight is 408 g/mol. The Labute approximate surface area is 172 Å². The topological polar surface area (TPSA) is 71.8 Å². The highest BCUT2D eigenvalue weighted by molar-refractivity contribution is 5.96. The molecule has 1 aliphatic heterocycles. The van der Waals surface area contributed by atoms with Gasteiger partial charge in [0.05, 0.1) is 6.61 Å². The molecular weight excluding hydrogens is 387 g/mol. The Hall–Kier alpha value is -3.45. The maximum absolute atomic E-state index is 13.3. The van der Waals surface area contributed by atoms with Crippen LogP contribution in [-0.2, 0) is 26.3 Å². The molecule has 1 aliphatic rings. The van der Waals surface area contributed by atoms with E-state index in [0.717, 1.165) is 11.1 Å². The van der Waals surface area contributed by atoms with Gasteiger partial charge in [-0.05, 0) is 23.3 Å². The molecule has 2 heterocycles. The zero-order valence-electron chi connectivity index (χ0n) is 16.3. The zero-order chi connectivity index (χ0) is 21.1. The Bertz CT molecular complexity index is 1110. The summed E-state index contributed by atoms with van der Waals surface area (Å²) >= 11 is 0. The van der Waals surface area contributed by atoms with Crippen molar-refractivity contribution >= 4 is 5.91 Å². The van der Waals surface area contributed by atoms with Crippen molar-refractivity contribution in [3.8, 4) is 5.75 Å². The number of hydrogen-bond donors (Lipinski definition) is 1. The molecule has 0 fully saturated rings. The molecular formula is C23H21FN2O4. The lowest BCUT2D eigenvalue weighted by Crippen LogP contribution is -2.42. The van der Waals surface area contributed by atoms with Crippen molar-refractivity contribution in [3.05, 3.63) is 99.2 Å². The average Bonchev–Trinajstić information content (AvgIpc) is 2.77. The van der Waals surface area contributed by atoms with E-state index in [9.17, 15) is 19.1 Å². The van der Waals surface area contributed by atoms with Crippen molar-refractivity contribution in [1.29, 1.82) is 0 Å². The summed E-state index contributed by atoms with van der Waals surface area (Å²) in [6.45, 7) is 0.894. The second-order valence-electron chi connectivity index (χ2n) is 7.11. The van der Waals surface area contributed by atoms with Crippen LogP contribution in [0.5, 0.6) is 5.75 Å². The van der Waals surface area contributed by atoms with Gasteiger partial charge >= 0.3 is 0 Å². The molecule has 4 rings (SSSR count). The lowest BCUT2D eigenvalue weighted by molar-refractivity contribution is 0.0675. The van der Waals surface area contributed by atoms with Crippen molar-refractivity contribution in [3.63, 3.8) is 0 Å². The van der Waals surface area contributed by atoms with Crippen molar-refractivity contribution in [1.82, 2.24) is 9.47 Å². The molecule has 6 nitrogen and oxygen atoms in total. The van der Waals surface area contributed by atoms with Gasteiger partial charge < -0.3 is 19.3 Å². The van der Waals surface area contributed by atoms with Crippen LogP contribution in [0, 0.1) is 5.82 Å². The van der Waals surface area contributed by atoms with Gasteiger partial charge in [0.1, 0.15) is 12.4 Å². The Morgan fingerprint density at radius 2 is 1.70 bits per heavy atom. The third-order valence-corrected chi connectivity index (χ3v) is 5.11. The fourth-order valence-electron chi connectivity index (χ4n) is 3.58. The molecule has 30 heavy (non-hydrogen) atoms. The lowest BCUT2D eigenvalue weighted by Gasteiger charge is -2.32. The van der Waals surface area contributed by atoms with E-state index in [1.807, 2.05) is 30.3 Å². The number of aromatic nitrogens is 1. The van der Waals surface area contributed by atoms with Crippen molar-refractivity contribution in [2.45, 2.75) is 26.3 Å². The lowest BCUT2D eigenvalue weighted by atomic mass is 10.1. The number of pyridine rings is 1. The number of amides is 1. The largest absolute Gasteiger partial charge is 0.483 e. The van der Waals surface area contributed by atoms with Gasteiger partial charge in [-0.15, -0.1) is 0 Å². The molecule has 3 aromatic rings. The van der Waals surface area contributed by atoms with Crippen LogP contribution in [0.25, 0.3) is 0 Å². The fraction of sp³-hybridized carbons (Fsp3) is 0.217. The highest BCUT2D eigenvalue weighted by Gasteiger charge is 2.31. The van der Waals surface area contributed by atoms with Crippen LogP contribution >= 0.6 is 0 Å². The van der Waals surface area contributed by atoms with Gasteiger partial charge in [0, 0.05) is 31.4 Å². The Morgan fingerprint density at radius 1 is 0.967 bits per heavy atom. The van der Waals surface area contributed by atoms with Crippen LogP contribution in [0.1, 0.15) is 27.3 Å². The second-order valence-corrected chi connectivity index (χ2v) is 7.11. The van der Waals surface area contributed by atoms with Crippen LogP contribution in [0.15, 0.2) is 65.5 Å². The molecule has 0 aliphatic carbocycles. The Balaban J connectivity index is 1.67. The molecule has 0 saturated heterocycles.